The standard InChI is InChI=1S/C21H27FN2O2/c1-12(21-9-14-5-15(10-21)7-16(6-14)11-21)23-20(26)17-3-4-18(22)19(8-17)24-13(2)25/h3-4,8,12,14-16H,5-7,9-11H2,1-2H3,(H,23,26)(H,24,25)/t12-,14?,15?,16?,21?/m0/s1. The van der Waals surface area contributed by atoms with Gasteiger partial charge in [0.25, 0.3) is 5.91 Å². The van der Waals surface area contributed by atoms with Crippen molar-refractivity contribution in [1.29, 1.82) is 0 Å². The fourth-order valence-corrected chi connectivity index (χ4v) is 6.09. The van der Waals surface area contributed by atoms with Crippen molar-refractivity contribution in [2.45, 2.75) is 58.4 Å². The molecule has 0 aromatic heterocycles. The van der Waals surface area contributed by atoms with Crippen LogP contribution in [-0.2, 0) is 4.79 Å². The zero-order chi connectivity index (χ0) is 18.5. The number of rotatable bonds is 4. The van der Waals surface area contributed by atoms with Crippen LogP contribution in [0, 0.1) is 29.0 Å². The Morgan fingerprint density at radius 1 is 1.12 bits per heavy atom. The molecule has 0 radical (unpaired) electrons. The Morgan fingerprint density at radius 3 is 2.23 bits per heavy atom. The van der Waals surface area contributed by atoms with Crippen molar-refractivity contribution >= 4 is 17.5 Å². The summed E-state index contributed by atoms with van der Waals surface area (Å²) in [5.41, 5.74) is 0.657. The van der Waals surface area contributed by atoms with E-state index in [0.29, 0.717) is 5.56 Å². The van der Waals surface area contributed by atoms with Gasteiger partial charge in [-0.15, -0.1) is 0 Å². The van der Waals surface area contributed by atoms with Crippen LogP contribution >= 0.6 is 0 Å². The lowest BCUT2D eigenvalue weighted by atomic mass is 9.48. The maximum Gasteiger partial charge on any atom is 0.251 e. The second-order valence-electron chi connectivity index (χ2n) is 8.85. The third-order valence-corrected chi connectivity index (χ3v) is 6.89. The Hall–Kier alpha value is -1.91. The average molecular weight is 358 g/mol. The molecule has 0 saturated heterocycles. The first-order chi connectivity index (χ1) is 12.3. The van der Waals surface area contributed by atoms with Crippen molar-refractivity contribution in [1.82, 2.24) is 5.32 Å². The van der Waals surface area contributed by atoms with E-state index in [1.54, 1.807) is 0 Å². The van der Waals surface area contributed by atoms with Crippen molar-refractivity contribution < 1.29 is 14.0 Å². The van der Waals surface area contributed by atoms with Crippen molar-refractivity contribution in [2.24, 2.45) is 23.2 Å². The normalized spacial score (nSPS) is 33.0. The lowest BCUT2D eigenvalue weighted by Gasteiger charge is -2.59. The number of nitrogens with one attached hydrogen (secondary N) is 2. The van der Waals surface area contributed by atoms with Gasteiger partial charge in [0.15, 0.2) is 0 Å². The fourth-order valence-electron chi connectivity index (χ4n) is 6.09. The van der Waals surface area contributed by atoms with Crippen LogP contribution in [0.5, 0.6) is 0 Å². The number of hydrogen-bond acceptors (Lipinski definition) is 2. The van der Waals surface area contributed by atoms with Gasteiger partial charge in [0, 0.05) is 18.5 Å². The number of hydrogen-bond donors (Lipinski definition) is 2. The highest BCUT2D eigenvalue weighted by Crippen LogP contribution is 2.61. The Labute approximate surface area is 153 Å². The summed E-state index contributed by atoms with van der Waals surface area (Å²) in [6.07, 6.45) is 7.79. The molecule has 1 aromatic rings. The Bertz CT molecular complexity index is 710. The first-order valence-electron chi connectivity index (χ1n) is 9.72. The highest BCUT2D eigenvalue weighted by atomic mass is 19.1. The van der Waals surface area contributed by atoms with Gasteiger partial charge in [0.1, 0.15) is 5.82 Å². The van der Waals surface area contributed by atoms with E-state index in [-0.39, 0.29) is 29.0 Å². The van der Waals surface area contributed by atoms with Crippen LogP contribution in [0.15, 0.2) is 18.2 Å². The van der Waals surface area contributed by atoms with Gasteiger partial charge in [-0.05, 0) is 86.8 Å². The second kappa shape index (κ2) is 6.36. The van der Waals surface area contributed by atoms with E-state index in [1.165, 1.54) is 63.6 Å². The van der Waals surface area contributed by atoms with Crippen LogP contribution in [0.3, 0.4) is 0 Å². The molecule has 140 valence electrons. The van der Waals surface area contributed by atoms with E-state index < -0.39 is 5.82 Å². The SMILES string of the molecule is CC(=O)Nc1cc(C(=O)N[C@@H](C)C23CC4CC(CC(C4)C2)C3)ccc1F. The summed E-state index contributed by atoms with van der Waals surface area (Å²) in [6.45, 7) is 3.45. The molecule has 5 rings (SSSR count). The fraction of sp³-hybridized carbons (Fsp3) is 0.619. The lowest BCUT2D eigenvalue weighted by molar-refractivity contribution is -0.114. The Kier molecular flexibility index (Phi) is 4.28. The molecule has 4 saturated carbocycles. The maximum absolute atomic E-state index is 13.8. The molecule has 1 atom stereocenters. The molecule has 2 N–H and O–H groups in total. The molecule has 0 heterocycles. The Balaban J connectivity index is 1.49. The summed E-state index contributed by atoms with van der Waals surface area (Å²) in [7, 11) is 0. The number of benzene rings is 1. The van der Waals surface area contributed by atoms with Crippen LogP contribution < -0.4 is 10.6 Å². The third-order valence-electron chi connectivity index (χ3n) is 6.89. The largest absolute Gasteiger partial charge is 0.349 e. The first kappa shape index (κ1) is 17.5. The quantitative estimate of drug-likeness (QED) is 0.851. The van der Waals surface area contributed by atoms with E-state index in [4.69, 9.17) is 0 Å². The van der Waals surface area contributed by atoms with Crippen molar-refractivity contribution in [2.75, 3.05) is 5.32 Å². The third kappa shape index (κ3) is 3.12. The lowest BCUT2D eigenvalue weighted by Crippen LogP contribution is -2.55. The molecule has 0 spiro atoms. The van der Waals surface area contributed by atoms with Crippen LogP contribution in [0.25, 0.3) is 0 Å². The van der Waals surface area contributed by atoms with Crippen LogP contribution in [0.2, 0.25) is 0 Å². The number of halogens is 1. The molecule has 0 aliphatic heterocycles. The minimum absolute atomic E-state index is 0.0487. The molecule has 4 nitrogen and oxygen atoms in total. The van der Waals surface area contributed by atoms with Crippen molar-refractivity contribution in [3.8, 4) is 0 Å². The topological polar surface area (TPSA) is 58.2 Å². The molecule has 2 amide bonds. The monoisotopic (exact) mass is 358 g/mol. The van der Waals surface area contributed by atoms with E-state index >= 15 is 0 Å². The molecule has 4 bridgehead atoms. The molecule has 1 aromatic carbocycles. The first-order valence-corrected chi connectivity index (χ1v) is 9.72. The average Bonchev–Trinajstić information content (AvgIpc) is 2.55. The van der Waals surface area contributed by atoms with Gasteiger partial charge in [0.2, 0.25) is 5.91 Å². The predicted molar refractivity (Wildman–Crippen MR) is 98.2 cm³/mol. The molecule has 5 heteroatoms. The minimum Gasteiger partial charge on any atom is -0.349 e. The number of amides is 2. The van der Waals surface area contributed by atoms with E-state index in [0.717, 1.165) is 17.8 Å². The van der Waals surface area contributed by atoms with Crippen LogP contribution in [0.1, 0.15) is 62.7 Å². The van der Waals surface area contributed by atoms with Gasteiger partial charge >= 0.3 is 0 Å². The molecule has 26 heavy (non-hydrogen) atoms. The molecule has 0 unspecified atom stereocenters. The van der Waals surface area contributed by atoms with Gasteiger partial charge < -0.3 is 10.6 Å². The van der Waals surface area contributed by atoms with Gasteiger partial charge in [-0.3, -0.25) is 9.59 Å². The number of carbonyl (C=O) groups is 2. The van der Waals surface area contributed by atoms with E-state index in [1.807, 2.05) is 0 Å². The zero-order valence-corrected chi connectivity index (χ0v) is 15.5. The maximum atomic E-state index is 13.8. The van der Waals surface area contributed by atoms with Crippen molar-refractivity contribution in [3.05, 3.63) is 29.6 Å². The van der Waals surface area contributed by atoms with Gasteiger partial charge in [-0.2, -0.15) is 0 Å². The van der Waals surface area contributed by atoms with E-state index in [9.17, 15) is 14.0 Å². The summed E-state index contributed by atoms with van der Waals surface area (Å²) in [5.74, 6) is 1.41. The second-order valence-corrected chi connectivity index (χ2v) is 8.85. The predicted octanol–water partition coefficient (Wildman–Crippen LogP) is 4.12. The smallest absolute Gasteiger partial charge is 0.251 e. The summed E-state index contributed by atoms with van der Waals surface area (Å²) in [5, 5.41) is 5.62. The van der Waals surface area contributed by atoms with Gasteiger partial charge in [-0.1, -0.05) is 0 Å². The highest BCUT2D eigenvalue weighted by Gasteiger charge is 2.53. The molecular weight excluding hydrogens is 331 g/mol. The molecular formula is C21H27FN2O2. The van der Waals surface area contributed by atoms with Crippen molar-refractivity contribution in [3.63, 3.8) is 0 Å². The van der Waals surface area contributed by atoms with Crippen LogP contribution in [-0.4, -0.2) is 17.9 Å². The molecule has 4 fully saturated rings. The summed E-state index contributed by atoms with van der Waals surface area (Å²) < 4.78 is 13.8. The number of anilines is 1. The number of carbonyl (C=O) groups excluding carboxylic acids is 2. The van der Waals surface area contributed by atoms with Gasteiger partial charge in [0.05, 0.1) is 5.69 Å². The summed E-state index contributed by atoms with van der Waals surface area (Å²) >= 11 is 0. The van der Waals surface area contributed by atoms with Gasteiger partial charge in [-0.25, -0.2) is 4.39 Å². The van der Waals surface area contributed by atoms with E-state index in [2.05, 4.69) is 17.6 Å². The molecule has 4 aliphatic rings. The highest BCUT2D eigenvalue weighted by molar-refractivity contribution is 5.97. The van der Waals surface area contributed by atoms with Crippen LogP contribution in [0.4, 0.5) is 10.1 Å². The Morgan fingerprint density at radius 2 is 1.69 bits per heavy atom. The molecule has 4 aliphatic carbocycles. The zero-order valence-electron chi connectivity index (χ0n) is 15.5. The summed E-state index contributed by atoms with van der Waals surface area (Å²) in [4.78, 5) is 24.0. The minimum atomic E-state index is -0.536. The summed E-state index contributed by atoms with van der Waals surface area (Å²) in [6, 6.07) is 4.23.